The SMILES string of the molecule is C1=Cc2sc3c(-c4nc(-c5ccccc5)nc(-c5cccc(-c6ccc(-c7ccc8c(c7)sc7c(-c9nc(-c%10ccccc%10)nc(-c%10cccc(-c%11ccccc%11-c%11cccc(-c%12ccccc%12)c%11)c%10)n9)cccc78)cc6-c6ccc(-c7ccccc7)cc6)c5)n4)cccc3c2CC1. The minimum absolute atomic E-state index is 0.607. The predicted octanol–water partition coefficient (Wildman–Crippen LogP) is 24.3. The molecule has 0 fully saturated rings. The average molecular weight is 1290 g/mol. The number of allylic oxidation sites excluding steroid dienone is 1. The van der Waals surface area contributed by atoms with Gasteiger partial charge < -0.3 is 0 Å². The number of rotatable bonds is 13. The molecule has 13 aromatic carbocycles. The van der Waals surface area contributed by atoms with Gasteiger partial charge in [-0.2, -0.15) is 0 Å². The molecule has 4 heterocycles. The van der Waals surface area contributed by atoms with Crippen molar-refractivity contribution in [3.05, 3.63) is 332 Å². The van der Waals surface area contributed by atoms with Crippen LogP contribution in [0.25, 0.3) is 183 Å². The number of hydrogen-bond acceptors (Lipinski definition) is 8. The standard InChI is InChI=1S/C90H58N6S2/c1-5-22-57(23-6-1)59-44-46-60(47-45-59)80-55-64(48-50-73(80)68-33-19-35-70(54-68)88-92-85(61-26-9-3-10-27-61)93-89(95-88)78-41-20-39-76-74-38-15-16-43-81(74)97-83(76)78)65-49-51-75-77-40-21-42-79(84(77)98-82(75)56-65)90-94-86(62-28-11-4-12-29-62)91-87(96-90)69-34-18-32-67(53-69)72-37-14-13-36-71(72)66-31-17-30-63(52-66)58-24-7-2-8-25-58/h1-14,16-37,39-56H,15,38H2. The number of nitrogens with zero attached hydrogens (tertiary/aromatic N) is 6. The summed E-state index contributed by atoms with van der Waals surface area (Å²) in [7, 11) is 0. The first-order chi connectivity index (χ1) is 48.5. The summed E-state index contributed by atoms with van der Waals surface area (Å²) >= 11 is 3.61. The Hall–Kier alpha value is -12.2. The van der Waals surface area contributed by atoms with E-state index in [1.54, 1.807) is 11.3 Å². The lowest BCUT2D eigenvalue weighted by atomic mass is 9.89. The monoisotopic (exact) mass is 1290 g/mol. The second-order valence-corrected chi connectivity index (χ2v) is 26.9. The van der Waals surface area contributed by atoms with Crippen LogP contribution >= 0.6 is 22.7 Å². The molecule has 0 amide bonds. The number of aryl methyl sites for hydroxylation is 1. The Balaban J connectivity index is 0.725. The Bertz CT molecular complexity index is 5920. The zero-order valence-corrected chi connectivity index (χ0v) is 54.7. The summed E-state index contributed by atoms with van der Waals surface area (Å²) < 4.78 is 3.50. The van der Waals surface area contributed by atoms with Crippen LogP contribution in [0.15, 0.2) is 322 Å². The van der Waals surface area contributed by atoms with Crippen LogP contribution in [0.1, 0.15) is 16.9 Å². The van der Waals surface area contributed by atoms with E-state index < -0.39 is 0 Å². The number of hydrogen-bond donors (Lipinski definition) is 0. The van der Waals surface area contributed by atoms with Gasteiger partial charge in [0.1, 0.15) is 0 Å². The molecular weight excluding hydrogens is 1230 g/mol. The maximum absolute atomic E-state index is 5.39. The van der Waals surface area contributed by atoms with E-state index in [2.05, 4.69) is 291 Å². The van der Waals surface area contributed by atoms with Crippen LogP contribution in [0.2, 0.25) is 0 Å². The minimum atomic E-state index is 0.607. The normalized spacial score (nSPS) is 12.0. The smallest absolute Gasteiger partial charge is 0.165 e. The fraction of sp³-hybridized carbons (Fsp3) is 0.0222. The van der Waals surface area contributed by atoms with E-state index in [1.807, 2.05) is 47.7 Å². The molecule has 98 heavy (non-hydrogen) atoms. The summed E-state index contributed by atoms with van der Waals surface area (Å²) in [6.07, 6.45) is 6.64. The Morgan fingerprint density at radius 1 is 0.224 bits per heavy atom. The van der Waals surface area contributed by atoms with Gasteiger partial charge in [-0.1, -0.05) is 279 Å². The van der Waals surface area contributed by atoms with E-state index in [0.29, 0.717) is 34.9 Å². The van der Waals surface area contributed by atoms with Crippen LogP contribution in [0, 0.1) is 0 Å². The van der Waals surface area contributed by atoms with Gasteiger partial charge in [0.2, 0.25) is 0 Å². The molecule has 0 atom stereocenters. The van der Waals surface area contributed by atoms with Gasteiger partial charge in [-0.15, -0.1) is 22.7 Å². The molecule has 1 aliphatic carbocycles. The summed E-state index contributed by atoms with van der Waals surface area (Å²) in [6, 6.07) is 112. The van der Waals surface area contributed by atoms with Crippen molar-refractivity contribution < 1.29 is 0 Å². The van der Waals surface area contributed by atoms with Gasteiger partial charge in [0.25, 0.3) is 0 Å². The zero-order chi connectivity index (χ0) is 64.9. The van der Waals surface area contributed by atoms with Crippen LogP contribution in [0.3, 0.4) is 0 Å². The molecule has 460 valence electrons. The van der Waals surface area contributed by atoms with Gasteiger partial charge in [0.15, 0.2) is 34.9 Å². The van der Waals surface area contributed by atoms with Crippen molar-refractivity contribution in [2.45, 2.75) is 12.8 Å². The summed E-state index contributed by atoms with van der Waals surface area (Å²) in [5, 5.41) is 3.62. The molecule has 0 radical (unpaired) electrons. The van der Waals surface area contributed by atoms with Gasteiger partial charge in [0, 0.05) is 63.1 Å². The lowest BCUT2D eigenvalue weighted by Crippen LogP contribution is -2.00. The minimum Gasteiger partial charge on any atom is -0.208 e. The van der Waals surface area contributed by atoms with Crippen LogP contribution in [0.5, 0.6) is 0 Å². The molecule has 1 aliphatic rings. The second-order valence-electron chi connectivity index (χ2n) is 24.8. The fourth-order valence-corrected chi connectivity index (χ4v) is 16.4. The van der Waals surface area contributed by atoms with Crippen LogP contribution in [-0.4, -0.2) is 29.9 Å². The van der Waals surface area contributed by atoms with Crippen molar-refractivity contribution in [2.75, 3.05) is 0 Å². The van der Waals surface area contributed by atoms with Crippen molar-refractivity contribution in [2.24, 2.45) is 0 Å². The van der Waals surface area contributed by atoms with Crippen LogP contribution in [0.4, 0.5) is 0 Å². The molecule has 0 bridgehead atoms. The average Bonchev–Trinajstić information content (AvgIpc) is 1.56. The first-order valence-corrected chi connectivity index (χ1v) is 34.7. The third-order valence-corrected chi connectivity index (χ3v) is 21.2. The maximum atomic E-state index is 5.39. The molecule has 6 nitrogen and oxygen atoms in total. The lowest BCUT2D eigenvalue weighted by molar-refractivity contribution is 1.01. The van der Waals surface area contributed by atoms with E-state index in [1.165, 1.54) is 47.3 Å². The van der Waals surface area contributed by atoms with Crippen molar-refractivity contribution in [1.82, 2.24) is 29.9 Å². The Kier molecular flexibility index (Phi) is 15.0. The van der Waals surface area contributed by atoms with E-state index in [4.69, 9.17) is 29.9 Å². The fourth-order valence-electron chi connectivity index (χ4n) is 13.8. The van der Waals surface area contributed by atoms with Gasteiger partial charge >= 0.3 is 0 Å². The van der Waals surface area contributed by atoms with Gasteiger partial charge in [0.05, 0.1) is 0 Å². The highest BCUT2D eigenvalue weighted by Crippen LogP contribution is 2.46. The van der Waals surface area contributed by atoms with E-state index >= 15 is 0 Å². The first kappa shape index (κ1) is 58.4. The van der Waals surface area contributed by atoms with Gasteiger partial charge in [-0.3, -0.25) is 0 Å². The summed E-state index contributed by atoms with van der Waals surface area (Å²) in [5.41, 5.74) is 22.9. The molecule has 0 aliphatic heterocycles. The predicted molar refractivity (Wildman–Crippen MR) is 410 cm³/mol. The molecular formula is C90H58N6S2. The molecule has 0 spiro atoms. The second kappa shape index (κ2) is 25.2. The number of thiophene rings is 2. The third kappa shape index (κ3) is 11.1. The highest BCUT2D eigenvalue weighted by molar-refractivity contribution is 7.26. The van der Waals surface area contributed by atoms with E-state index in [9.17, 15) is 0 Å². The maximum Gasteiger partial charge on any atom is 0.165 e. The largest absolute Gasteiger partial charge is 0.208 e. The molecule has 0 saturated heterocycles. The van der Waals surface area contributed by atoms with Gasteiger partial charge in [-0.05, 0) is 150 Å². The quantitative estimate of drug-likeness (QED) is 0.114. The first-order valence-electron chi connectivity index (χ1n) is 33.1. The van der Waals surface area contributed by atoms with Crippen molar-refractivity contribution in [3.8, 4) is 146 Å². The van der Waals surface area contributed by atoms with Crippen LogP contribution < -0.4 is 0 Å². The molecule has 0 unspecified atom stereocenters. The highest BCUT2D eigenvalue weighted by Gasteiger charge is 2.23. The number of aromatic nitrogens is 6. The number of fused-ring (bicyclic) bond motifs is 6. The summed E-state index contributed by atoms with van der Waals surface area (Å²) in [6.45, 7) is 0. The van der Waals surface area contributed by atoms with E-state index in [0.717, 1.165) is 118 Å². The molecule has 0 N–H and O–H groups in total. The van der Waals surface area contributed by atoms with E-state index in [-0.39, 0.29) is 0 Å². The van der Waals surface area contributed by atoms with Crippen LogP contribution in [-0.2, 0) is 6.42 Å². The summed E-state index contributed by atoms with van der Waals surface area (Å²) in [4.78, 5) is 33.0. The molecule has 4 aromatic heterocycles. The third-order valence-electron chi connectivity index (χ3n) is 18.7. The van der Waals surface area contributed by atoms with Gasteiger partial charge in [-0.25, -0.2) is 29.9 Å². The zero-order valence-electron chi connectivity index (χ0n) is 53.1. The lowest BCUT2D eigenvalue weighted by Gasteiger charge is -2.15. The Morgan fingerprint density at radius 2 is 0.602 bits per heavy atom. The molecule has 8 heteroatoms. The van der Waals surface area contributed by atoms with Crippen molar-refractivity contribution in [3.63, 3.8) is 0 Å². The number of benzene rings is 13. The molecule has 18 rings (SSSR count). The highest BCUT2D eigenvalue weighted by atomic mass is 32.1. The van der Waals surface area contributed by atoms with Crippen molar-refractivity contribution in [1.29, 1.82) is 0 Å². The molecule has 17 aromatic rings. The Labute approximate surface area is 576 Å². The summed E-state index contributed by atoms with van der Waals surface area (Å²) in [5.74, 6) is 3.77. The van der Waals surface area contributed by atoms with Crippen molar-refractivity contribution >= 4 is 59.0 Å². The Morgan fingerprint density at radius 3 is 1.18 bits per heavy atom. The molecule has 0 saturated carbocycles. The topological polar surface area (TPSA) is 77.3 Å².